The zero-order valence-electron chi connectivity index (χ0n) is 18.7. The van der Waals surface area contributed by atoms with Gasteiger partial charge in [-0.3, -0.25) is 9.98 Å². The van der Waals surface area contributed by atoms with Gasteiger partial charge in [0.1, 0.15) is 11.5 Å². The van der Waals surface area contributed by atoms with E-state index in [1.165, 1.54) is 0 Å². The van der Waals surface area contributed by atoms with Gasteiger partial charge in [-0.25, -0.2) is 0 Å². The zero-order valence-corrected chi connectivity index (χ0v) is 18.7. The minimum absolute atomic E-state index is 0.188. The van der Waals surface area contributed by atoms with E-state index in [4.69, 9.17) is 0 Å². The molecule has 0 bridgehead atoms. The number of nitrogens with zero attached hydrogens (tertiary/aromatic N) is 2. The molecular formula is C29H26N2O2. The summed E-state index contributed by atoms with van der Waals surface area (Å²) in [5, 5.41) is 20.6. The maximum absolute atomic E-state index is 10.3. The van der Waals surface area contributed by atoms with E-state index in [1.54, 1.807) is 24.6 Å². The molecule has 0 amide bonds. The van der Waals surface area contributed by atoms with Crippen molar-refractivity contribution in [3.63, 3.8) is 0 Å². The molecule has 0 radical (unpaired) electrons. The molecule has 164 valence electrons. The predicted octanol–water partition coefficient (Wildman–Crippen LogP) is 6.81. The molecular weight excluding hydrogens is 408 g/mol. The van der Waals surface area contributed by atoms with E-state index in [2.05, 4.69) is 9.98 Å². The fraction of sp³-hybridized carbons (Fsp3) is 0.103. The highest BCUT2D eigenvalue weighted by molar-refractivity contribution is 5.87. The van der Waals surface area contributed by atoms with Crippen LogP contribution in [0, 0.1) is 13.8 Å². The monoisotopic (exact) mass is 434 g/mol. The lowest BCUT2D eigenvalue weighted by molar-refractivity contribution is 0.474. The predicted molar refractivity (Wildman–Crippen MR) is 136 cm³/mol. The number of hydrogen-bond donors (Lipinski definition) is 2. The Balaban J connectivity index is 1.56. The van der Waals surface area contributed by atoms with Crippen LogP contribution in [-0.2, 0) is 6.42 Å². The molecule has 0 aliphatic carbocycles. The van der Waals surface area contributed by atoms with Gasteiger partial charge in [0.25, 0.3) is 0 Å². The summed E-state index contributed by atoms with van der Waals surface area (Å²) in [4.78, 5) is 9.07. The van der Waals surface area contributed by atoms with Crippen LogP contribution >= 0.6 is 0 Å². The molecule has 0 aliphatic heterocycles. The molecule has 33 heavy (non-hydrogen) atoms. The maximum atomic E-state index is 10.3. The van der Waals surface area contributed by atoms with Crippen LogP contribution in [0.5, 0.6) is 11.5 Å². The van der Waals surface area contributed by atoms with Gasteiger partial charge in [0, 0.05) is 23.6 Å². The van der Waals surface area contributed by atoms with Crippen LogP contribution < -0.4 is 0 Å². The highest BCUT2D eigenvalue weighted by atomic mass is 16.3. The van der Waals surface area contributed by atoms with E-state index < -0.39 is 0 Å². The Morgan fingerprint density at radius 2 is 1.03 bits per heavy atom. The Hall–Kier alpha value is -4.18. The van der Waals surface area contributed by atoms with E-state index in [-0.39, 0.29) is 11.5 Å². The highest BCUT2D eigenvalue weighted by Gasteiger charge is 2.06. The zero-order chi connectivity index (χ0) is 23.2. The van der Waals surface area contributed by atoms with E-state index in [0.717, 1.165) is 33.6 Å². The van der Waals surface area contributed by atoms with Crippen molar-refractivity contribution in [1.29, 1.82) is 0 Å². The first kappa shape index (κ1) is 22.0. The molecule has 0 heterocycles. The molecule has 0 fully saturated rings. The second kappa shape index (κ2) is 9.96. The third-order valence-corrected chi connectivity index (χ3v) is 5.51. The fourth-order valence-corrected chi connectivity index (χ4v) is 3.57. The molecule has 0 saturated heterocycles. The summed E-state index contributed by atoms with van der Waals surface area (Å²) in [6, 6.07) is 26.8. The Kier molecular flexibility index (Phi) is 6.65. The number of benzene rings is 4. The largest absolute Gasteiger partial charge is 0.507 e. The van der Waals surface area contributed by atoms with Gasteiger partial charge in [0.05, 0.1) is 11.4 Å². The smallest absolute Gasteiger partial charge is 0.124 e. The Labute approximate surface area is 194 Å². The number of phenolic OH excluding ortho intramolecular Hbond substituents is 2. The number of rotatable bonds is 6. The van der Waals surface area contributed by atoms with Crippen LogP contribution in [0.25, 0.3) is 0 Å². The van der Waals surface area contributed by atoms with Crippen molar-refractivity contribution in [2.24, 2.45) is 9.98 Å². The van der Waals surface area contributed by atoms with Gasteiger partial charge in [-0.05, 0) is 78.9 Å². The van der Waals surface area contributed by atoms with Gasteiger partial charge in [0.15, 0.2) is 0 Å². The van der Waals surface area contributed by atoms with Gasteiger partial charge in [-0.1, -0.05) is 48.5 Å². The number of hydrogen-bond acceptors (Lipinski definition) is 4. The first-order valence-electron chi connectivity index (χ1n) is 10.8. The topological polar surface area (TPSA) is 65.2 Å². The van der Waals surface area contributed by atoms with Gasteiger partial charge in [-0.2, -0.15) is 0 Å². The Morgan fingerprint density at radius 1 is 0.606 bits per heavy atom. The van der Waals surface area contributed by atoms with Crippen molar-refractivity contribution in [3.05, 3.63) is 118 Å². The second-order valence-corrected chi connectivity index (χ2v) is 8.05. The van der Waals surface area contributed by atoms with Gasteiger partial charge < -0.3 is 10.2 Å². The fourth-order valence-electron chi connectivity index (χ4n) is 3.57. The number of aromatic hydroxyl groups is 2. The van der Waals surface area contributed by atoms with Crippen molar-refractivity contribution in [2.75, 3.05) is 0 Å². The van der Waals surface area contributed by atoms with Crippen LogP contribution in [0.4, 0.5) is 11.4 Å². The molecule has 0 unspecified atom stereocenters. The molecule has 4 nitrogen and oxygen atoms in total. The summed E-state index contributed by atoms with van der Waals surface area (Å²) in [6.07, 6.45) is 4.04. The number of aryl methyl sites for hydroxylation is 2. The summed E-state index contributed by atoms with van der Waals surface area (Å²) in [5.41, 5.74) is 7.29. The Morgan fingerprint density at radius 3 is 1.45 bits per heavy atom. The molecule has 0 spiro atoms. The average Bonchev–Trinajstić information content (AvgIpc) is 2.81. The molecule has 4 rings (SSSR count). The SMILES string of the molecule is Cc1ccccc1N=Cc1cc(Cc2ccc(O)c(C=Nc3ccccc3C)c2)ccc1O. The average molecular weight is 435 g/mol. The second-order valence-electron chi connectivity index (χ2n) is 8.05. The van der Waals surface area contributed by atoms with Crippen LogP contribution in [0.1, 0.15) is 33.4 Å². The molecule has 2 N–H and O–H groups in total. The van der Waals surface area contributed by atoms with E-state index in [1.807, 2.05) is 86.6 Å². The standard InChI is InChI=1S/C29H26N2O2/c1-20-7-3-5-9-26(20)30-18-24-16-22(11-13-28(24)32)15-23-12-14-29(33)25(17-23)19-31-27-10-6-4-8-21(27)2/h3-14,16-19,32-33H,15H2,1-2H3. The summed E-state index contributed by atoms with van der Waals surface area (Å²) in [7, 11) is 0. The molecule has 4 aromatic rings. The quantitative estimate of drug-likeness (QED) is 0.328. The molecule has 0 atom stereocenters. The van der Waals surface area contributed by atoms with Crippen molar-refractivity contribution >= 4 is 23.8 Å². The lowest BCUT2D eigenvalue weighted by Crippen LogP contribution is -1.93. The first-order valence-corrected chi connectivity index (χ1v) is 10.8. The van der Waals surface area contributed by atoms with Gasteiger partial charge in [0.2, 0.25) is 0 Å². The third kappa shape index (κ3) is 5.55. The van der Waals surface area contributed by atoms with E-state index >= 15 is 0 Å². The van der Waals surface area contributed by atoms with Crippen LogP contribution in [0.15, 0.2) is 94.9 Å². The summed E-state index contributed by atoms with van der Waals surface area (Å²) < 4.78 is 0. The van der Waals surface area contributed by atoms with E-state index in [0.29, 0.717) is 17.5 Å². The summed E-state index contributed by atoms with van der Waals surface area (Å²) >= 11 is 0. The van der Waals surface area contributed by atoms with Crippen LogP contribution in [-0.4, -0.2) is 22.6 Å². The minimum Gasteiger partial charge on any atom is -0.507 e. The number of aliphatic imine (C=N–C) groups is 2. The highest BCUT2D eigenvalue weighted by Crippen LogP contribution is 2.24. The van der Waals surface area contributed by atoms with Gasteiger partial charge >= 0.3 is 0 Å². The molecule has 0 aliphatic rings. The summed E-state index contributed by atoms with van der Waals surface area (Å²) in [5.74, 6) is 0.376. The van der Waals surface area contributed by atoms with Crippen molar-refractivity contribution in [3.8, 4) is 11.5 Å². The minimum atomic E-state index is 0.188. The van der Waals surface area contributed by atoms with Crippen LogP contribution in [0.2, 0.25) is 0 Å². The van der Waals surface area contributed by atoms with Crippen molar-refractivity contribution in [1.82, 2.24) is 0 Å². The number of para-hydroxylation sites is 2. The van der Waals surface area contributed by atoms with Crippen molar-refractivity contribution in [2.45, 2.75) is 20.3 Å². The number of phenols is 2. The first-order chi connectivity index (χ1) is 16.0. The summed E-state index contributed by atoms with van der Waals surface area (Å²) in [6.45, 7) is 4.02. The van der Waals surface area contributed by atoms with Gasteiger partial charge in [-0.15, -0.1) is 0 Å². The Bertz CT molecular complexity index is 1240. The van der Waals surface area contributed by atoms with E-state index in [9.17, 15) is 10.2 Å². The molecule has 4 heteroatoms. The third-order valence-electron chi connectivity index (χ3n) is 5.51. The maximum Gasteiger partial charge on any atom is 0.124 e. The normalized spacial score (nSPS) is 11.5. The lowest BCUT2D eigenvalue weighted by atomic mass is 10.0. The van der Waals surface area contributed by atoms with Crippen LogP contribution in [0.3, 0.4) is 0 Å². The molecule has 0 saturated carbocycles. The molecule has 0 aromatic heterocycles. The van der Waals surface area contributed by atoms with Crippen molar-refractivity contribution < 1.29 is 10.2 Å². The molecule has 4 aromatic carbocycles. The lowest BCUT2D eigenvalue weighted by Gasteiger charge is -2.08.